The second-order valence-electron chi connectivity index (χ2n) is 5.37. The summed E-state index contributed by atoms with van der Waals surface area (Å²) in [5.74, 6) is 1.98. The minimum absolute atomic E-state index is 0.558. The van der Waals surface area contributed by atoms with Gasteiger partial charge >= 0.3 is 0 Å². The smallest absolute Gasteiger partial charge is 0.209 e. The summed E-state index contributed by atoms with van der Waals surface area (Å²) in [6, 6.07) is 2.57. The van der Waals surface area contributed by atoms with Crippen LogP contribution in [0.3, 0.4) is 0 Å². The number of aryl methyl sites for hydroxylation is 2. The zero-order valence-electron chi connectivity index (χ0n) is 11.6. The number of anilines is 1. The van der Waals surface area contributed by atoms with Crippen molar-refractivity contribution in [3.05, 3.63) is 24.2 Å². The highest BCUT2D eigenvalue weighted by molar-refractivity contribution is 5.39. The van der Waals surface area contributed by atoms with E-state index in [1.807, 2.05) is 30.9 Å². The Labute approximate surface area is 113 Å². The van der Waals surface area contributed by atoms with Gasteiger partial charge in [-0.2, -0.15) is 5.10 Å². The first-order valence-electron chi connectivity index (χ1n) is 7.05. The molecule has 1 N–H and O–H groups in total. The standard InChI is InChI=1S/C14H21N5/c1-11-10-19(13-8-9-15-18(13)2)14(16-11)17-12-6-4-3-5-7-12/h8-10,12H,3-7H2,1-2H3,(H,16,17). The zero-order chi connectivity index (χ0) is 13.2. The van der Waals surface area contributed by atoms with E-state index >= 15 is 0 Å². The Hall–Kier alpha value is -1.78. The van der Waals surface area contributed by atoms with E-state index in [-0.39, 0.29) is 0 Å². The van der Waals surface area contributed by atoms with Crippen LogP contribution in [0.4, 0.5) is 5.95 Å². The highest BCUT2D eigenvalue weighted by Gasteiger charge is 2.17. The molecular weight excluding hydrogens is 238 g/mol. The highest BCUT2D eigenvalue weighted by atomic mass is 15.4. The maximum Gasteiger partial charge on any atom is 0.209 e. The van der Waals surface area contributed by atoms with Crippen LogP contribution >= 0.6 is 0 Å². The molecule has 1 saturated carbocycles. The number of nitrogens with zero attached hydrogens (tertiary/aromatic N) is 4. The van der Waals surface area contributed by atoms with Crippen LogP contribution in [0, 0.1) is 6.92 Å². The average Bonchev–Trinajstić information content (AvgIpc) is 2.97. The summed E-state index contributed by atoms with van der Waals surface area (Å²) in [7, 11) is 1.95. The first-order valence-corrected chi connectivity index (χ1v) is 7.05. The van der Waals surface area contributed by atoms with E-state index in [1.165, 1.54) is 32.1 Å². The van der Waals surface area contributed by atoms with Crippen molar-refractivity contribution < 1.29 is 0 Å². The summed E-state index contributed by atoms with van der Waals surface area (Å²) in [5.41, 5.74) is 1.03. The first kappa shape index (κ1) is 12.3. The minimum Gasteiger partial charge on any atom is -0.353 e. The molecule has 5 nitrogen and oxygen atoms in total. The van der Waals surface area contributed by atoms with Gasteiger partial charge < -0.3 is 5.32 Å². The van der Waals surface area contributed by atoms with Crippen LogP contribution < -0.4 is 5.32 Å². The summed E-state index contributed by atoms with van der Waals surface area (Å²) < 4.78 is 3.96. The van der Waals surface area contributed by atoms with Gasteiger partial charge in [-0.25, -0.2) is 4.98 Å². The SMILES string of the molecule is Cc1cn(-c2ccnn2C)c(NC2CCCCC2)n1. The van der Waals surface area contributed by atoms with E-state index in [1.54, 1.807) is 0 Å². The van der Waals surface area contributed by atoms with Gasteiger partial charge in [-0.15, -0.1) is 0 Å². The Morgan fingerprint density at radius 3 is 2.74 bits per heavy atom. The molecule has 0 saturated heterocycles. The summed E-state index contributed by atoms with van der Waals surface area (Å²) in [6.45, 7) is 2.03. The summed E-state index contributed by atoms with van der Waals surface area (Å²) in [6.07, 6.45) is 10.4. The lowest BCUT2D eigenvalue weighted by Crippen LogP contribution is -2.24. The van der Waals surface area contributed by atoms with Gasteiger partial charge in [0.2, 0.25) is 5.95 Å². The topological polar surface area (TPSA) is 47.7 Å². The Morgan fingerprint density at radius 2 is 2.05 bits per heavy atom. The molecule has 0 radical (unpaired) electrons. The summed E-state index contributed by atoms with van der Waals surface area (Å²) in [5, 5.41) is 7.83. The molecule has 0 amide bonds. The molecule has 0 atom stereocenters. The van der Waals surface area contributed by atoms with Crippen LogP contribution in [0.5, 0.6) is 0 Å². The van der Waals surface area contributed by atoms with Gasteiger partial charge in [0.1, 0.15) is 5.82 Å². The predicted molar refractivity (Wildman–Crippen MR) is 75.6 cm³/mol. The molecule has 2 aromatic rings. The summed E-state index contributed by atoms with van der Waals surface area (Å²) in [4.78, 5) is 4.61. The van der Waals surface area contributed by atoms with Crippen LogP contribution in [0.1, 0.15) is 37.8 Å². The molecule has 5 heteroatoms. The fraction of sp³-hybridized carbons (Fsp3) is 0.571. The van der Waals surface area contributed by atoms with E-state index in [2.05, 4.69) is 26.2 Å². The van der Waals surface area contributed by atoms with E-state index < -0.39 is 0 Å². The van der Waals surface area contributed by atoms with Gasteiger partial charge in [-0.3, -0.25) is 9.25 Å². The Bertz CT molecular complexity index is 548. The lowest BCUT2D eigenvalue weighted by molar-refractivity contribution is 0.460. The van der Waals surface area contributed by atoms with Crippen molar-refractivity contribution in [1.29, 1.82) is 0 Å². The molecule has 102 valence electrons. The van der Waals surface area contributed by atoms with Crippen LogP contribution in [-0.4, -0.2) is 25.4 Å². The second kappa shape index (κ2) is 5.07. The molecule has 1 aliphatic carbocycles. The van der Waals surface area contributed by atoms with Crippen molar-refractivity contribution in [2.45, 2.75) is 45.1 Å². The maximum absolute atomic E-state index is 4.61. The number of imidazole rings is 1. The average molecular weight is 259 g/mol. The number of rotatable bonds is 3. The van der Waals surface area contributed by atoms with Gasteiger partial charge in [-0.05, 0) is 19.8 Å². The van der Waals surface area contributed by atoms with Gasteiger partial charge in [0.25, 0.3) is 0 Å². The van der Waals surface area contributed by atoms with Gasteiger partial charge in [0, 0.05) is 25.4 Å². The highest BCUT2D eigenvalue weighted by Crippen LogP contribution is 2.23. The lowest BCUT2D eigenvalue weighted by atomic mass is 9.96. The lowest BCUT2D eigenvalue weighted by Gasteiger charge is -2.23. The van der Waals surface area contributed by atoms with Crippen molar-refractivity contribution in [3.63, 3.8) is 0 Å². The third-order valence-electron chi connectivity index (χ3n) is 3.81. The maximum atomic E-state index is 4.61. The van der Waals surface area contributed by atoms with Gasteiger partial charge in [0.05, 0.1) is 11.9 Å². The van der Waals surface area contributed by atoms with Crippen LogP contribution in [0.15, 0.2) is 18.5 Å². The van der Waals surface area contributed by atoms with Crippen LogP contribution in [0.2, 0.25) is 0 Å². The monoisotopic (exact) mass is 259 g/mol. The van der Waals surface area contributed by atoms with Crippen molar-refractivity contribution in [1.82, 2.24) is 19.3 Å². The van der Waals surface area contributed by atoms with Crippen molar-refractivity contribution in [2.75, 3.05) is 5.32 Å². The molecule has 0 aliphatic heterocycles. The zero-order valence-corrected chi connectivity index (χ0v) is 11.6. The molecule has 1 fully saturated rings. The Morgan fingerprint density at radius 1 is 1.26 bits per heavy atom. The largest absolute Gasteiger partial charge is 0.353 e. The fourth-order valence-electron chi connectivity index (χ4n) is 2.81. The normalized spacial score (nSPS) is 16.7. The Balaban J connectivity index is 1.87. The van der Waals surface area contributed by atoms with E-state index in [4.69, 9.17) is 0 Å². The van der Waals surface area contributed by atoms with Crippen LogP contribution in [-0.2, 0) is 7.05 Å². The Kier molecular flexibility index (Phi) is 3.27. The second-order valence-corrected chi connectivity index (χ2v) is 5.37. The van der Waals surface area contributed by atoms with Crippen molar-refractivity contribution >= 4 is 5.95 Å². The molecule has 2 aromatic heterocycles. The number of nitrogens with one attached hydrogen (secondary N) is 1. The molecular formula is C14H21N5. The first-order chi connectivity index (χ1) is 9.24. The molecule has 19 heavy (non-hydrogen) atoms. The molecule has 0 bridgehead atoms. The minimum atomic E-state index is 0.558. The van der Waals surface area contributed by atoms with Crippen molar-refractivity contribution in [3.8, 4) is 5.82 Å². The molecule has 2 heterocycles. The predicted octanol–water partition coefficient (Wildman–Crippen LogP) is 2.66. The number of hydrogen-bond acceptors (Lipinski definition) is 3. The molecule has 0 aromatic carbocycles. The molecule has 3 rings (SSSR count). The fourth-order valence-corrected chi connectivity index (χ4v) is 2.81. The van der Waals surface area contributed by atoms with E-state index in [0.717, 1.165) is 17.5 Å². The van der Waals surface area contributed by atoms with E-state index in [9.17, 15) is 0 Å². The number of hydrogen-bond donors (Lipinski definition) is 1. The number of aromatic nitrogens is 4. The third kappa shape index (κ3) is 2.50. The van der Waals surface area contributed by atoms with E-state index in [0.29, 0.717) is 6.04 Å². The molecule has 0 spiro atoms. The van der Waals surface area contributed by atoms with Crippen LogP contribution in [0.25, 0.3) is 5.82 Å². The summed E-state index contributed by atoms with van der Waals surface area (Å²) >= 11 is 0. The third-order valence-corrected chi connectivity index (χ3v) is 3.81. The van der Waals surface area contributed by atoms with Gasteiger partial charge in [0.15, 0.2) is 0 Å². The molecule has 0 unspecified atom stereocenters. The molecule has 1 aliphatic rings. The van der Waals surface area contributed by atoms with Gasteiger partial charge in [-0.1, -0.05) is 19.3 Å². The quantitative estimate of drug-likeness (QED) is 0.922. The van der Waals surface area contributed by atoms with Crippen molar-refractivity contribution in [2.24, 2.45) is 7.05 Å².